The first kappa shape index (κ1) is 19.0. The summed E-state index contributed by atoms with van der Waals surface area (Å²) in [6.07, 6.45) is 3.17. The number of carbonyl (C=O) groups is 2. The van der Waals surface area contributed by atoms with Gasteiger partial charge in [0.05, 0.1) is 11.1 Å². The molecule has 0 aliphatic rings. The summed E-state index contributed by atoms with van der Waals surface area (Å²) in [7, 11) is 0. The zero-order chi connectivity index (χ0) is 20.3. The van der Waals surface area contributed by atoms with Crippen molar-refractivity contribution in [2.75, 3.05) is 5.32 Å². The van der Waals surface area contributed by atoms with Gasteiger partial charge < -0.3 is 10.4 Å². The van der Waals surface area contributed by atoms with Gasteiger partial charge in [-0.15, -0.1) is 0 Å². The van der Waals surface area contributed by atoms with E-state index in [1.807, 2.05) is 0 Å². The molecule has 3 aromatic rings. The molecule has 0 radical (unpaired) electrons. The number of hydrogen-bond acceptors (Lipinski definition) is 6. The van der Waals surface area contributed by atoms with Gasteiger partial charge in [0, 0.05) is 30.2 Å². The number of aromatic carboxylic acids is 1. The highest BCUT2D eigenvalue weighted by Gasteiger charge is 2.22. The van der Waals surface area contributed by atoms with Gasteiger partial charge in [0.15, 0.2) is 5.78 Å². The molecule has 0 saturated carbocycles. The molecule has 3 rings (SSSR count). The molecule has 0 unspecified atom stereocenters. The van der Waals surface area contributed by atoms with Crippen molar-refractivity contribution in [3.63, 3.8) is 0 Å². The van der Waals surface area contributed by atoms with Crippen molar-refractivity contribution >= 4 is 23.1 Å². The number of rotatable bonds is 6. The molecule has 2 N–H and O–H groups in total. The molecule has 1 aromatic carbocycles. The van der Waals surface area contributed by atoms with Crippen LogP contribution in [0.5, 0.6) is 0 Å². The summed E-state index contributed by atoms with van der Waals surface area (Å²) in [5.41, 5.74) is 1.47. The van der Waals surface area contributed by atoms with E-state index in [2.05, 4.69) is 15.4 Å². The summed E-state index contributed by atoms with van der Waals surface area (Å²) in [5.74, 6) is -1.36. The summed E-state index contributed by atoms with van der Waals surface area (Å²) in [5, 5.41) is 16.4. The van der Waals surface area contributed by atoms with Crippen molar-refractivity contribution < 1.29 is 14.7 Å². The highest BCUT2D eigenvalue weighted by molar-refractivity contribution is 6.05. The summed E-state index contributed by atoms with van der Waals surface area (Å²) >= 11 is 0. The van der Waals surface area contributed by atoms with E-state index in [4.69, 9.17) is 5.11 Å². The van der Waals surface area contributed by atoms with E-state index in [0.29, 0.717) is 23.5 Å². The lowest BCUT2D eigenvalue weighted by atomic mass is 10.0. The van der Waals surface area contributed by atoms with E-state index in [9.17, 15) is 14.4 Å². The third-order valence-corrected chi connectivity index (χ3v) is 4.16. The molecule has 2 heterocycles. The SMILES string of the molecule is CCn1nc(-c2ccncc2)c(C(C)=O)c(Nc2ccc(C(=O)O)cc2)c1=O. The fourth-order valence-electron chi connectivity index (χ4n) is 2.80. The van der Waals surface area contributed by atoms with Crippen molar-refractivity contribution in [1.82, 2.24) is 14.8 Å². The van der Waals surface area contributed by atoms with Gasteiger partial charge in [0.25, 0.3) is 5.56 Å². The predicted octanol–water partition coefficient (Wildman–Crippen LogP) is 2.97. The Labute approximate surface area is 160 Å². The number of benzene rings is 1. The summed E-state index contributed by atoms with van der Waals surface area (Å²) in [4.78, 5) is 40.3. The molecule has 0 spiro atoms. The van der Waals surface area contributed by atoms with Gasteiger partial charge in [-0.1, -0.05) is 0 Å². The van der Waals surface area contributed by atoms with Crippen molar-refractivity contribution in [3.05, 3.63) is 70.3 Å². The Morgan fingerprint density at radius 1 is 1.11 bits per heavy atom. The average molecular weight is 378 g/mol. The Balaban J connectivity index is 2.19. The van der Waals surface area contributed by atoms with Crippen molar-refractivity contribution in [3.8, 4) is 11.3 Å². The number of pyridine rings is 1. The molecule has 0 aliphatic carbocycles. The minimum atomic E-state index is -1.05. The summed E-state index contributed by atoms with van der Waals surface area (Å²) < 4.78 is 1.27. The van der Waals surface area contributed by atoms with E-state index >= 15 is 0 Å². The number of carboxylic acid groups (broad SMARTS) is 1. The van der Waals surface area contributed by atoms with Gasteiger partial charge >= 0.3 is 5.97 Å². The van der Waals surface area contributed by atoms with Crippen LogP contribution in [-0.2, 0) is 6.54 Å². The van der Waals surface area contributed by atoms with Crippen LogP contribution >= 0.6 is 0 Å². The van der Waals surface area contributed by atoms with E-state index in [0.717, 1.165) is 0 Å². The zero-order valence-electron chi connectivity index (χ0n) is 15.3. The number of carbonyl (C=O) groups excluding carboxylic acids is 1. The molecule has 2 aromatic heterocycles. The van der Waals surface area contributed by atoms with Gasteiger partial charge in [-0.05, 0) is 50.2 Å². The average Bonchev–Trinajstić information content (AvgIpc) is 2.70. The first-order valence-electron chi connectivity index (χ1n) is 8.59. The number of aromatic nitrogens is 3. The van der Waals surface area contributed by atoms with Gasteiger partial charge in [-0.3, -0.25) is 14.6 Å². The van der Waals surface area contributed by atoms with Gasteiger partial charge in [-0.2, -0.15) is 5.10 Å². The second kappa shape index (κ2) is 7.83. The van der Waals surface area contributed by atoms with E-state index in [-0.39, 0.29) is 22.6 Å². The first-order valence-corrected chi connectivity index (χ1v) is 8.59. The highest BCUT2D eigenvalue weighted by Crippen LogP contribution is 2.27. The number of nitrogens with zero attached hydrogens (tertiary/aromatic N) is 3. The molecule has 8 heteroatoms. The van der Waals surface area contributed by atoms with Crippen LogP contribution < -0.4 is 10.9 Å². The second-order valence-corrected chi connectivity index (χ2v) is 6.02. The second-order valence-electron chi connectivity index (χ2n) is 6.02. The van der Waals surface area contributed by atoms with Gasteiger partial charge in [0.2, 0.25) is 0 Å². The molecule has 8 nitrogen and oxygen atoms in total. The Hall–Kier alpha value is -3.81. The van der Waals surface area contributed by atoms with Crippen molar-refractivity contribution in [2.24, 2.45) is 0 Å². The molecular weight excluding hydrogens is 360 g/mol. The lowest BCUT2D eigenvalue weighted by molar-refractivity contribution is 0.0696. The summed E-state index contributed by atoms with van der Waals surface area (Å²) in [6, 6.07) is 9.34. The Kier molecular flexibility index (Phi) is 5.30. The Morgan fingerprint density at radius 3 is 2.29 bits per heavy atom. The fraction of sp³-hybridized carbons (Fsp3) is 0.150. The van der Waals surface area contributed by atoms with Gasteiger partial charge in [0.1, 0.15) is 11.4 Å². The smallest absolute Gasteiger partial charge is 0.335 e. The standard InChI is InChI=1S/C20H18N4O4/c1-3-24-19(26)18(22-15-6-4-14(5-7-15)20(27)28)16(12(2)25)17(23-24)13-8-10-21-11-9-13/h4-11,22H,3H2,1-2H3,(H,27,28). The minimum Gasteiger partial charge on any atom is -0.478 e. The Morgan fingerprint density at radius 2 is 1.75 bits per heavy atom. The van der Waals surface area contributed by atoms with Crippen LogP contribution in [-0.4, -0.2) is 31.6 Å². The molecule has 0 bridgehead atoms. The minimum absolute atomic E-state index is 0.0965. The largest absolute Gasteiger partial charge is 0.478 e. The van der Waals surface area contributed by atoms with Crippen LogP contribution in [0.2, 0.25) is 0 Å². The number of carboxylic acids is 1. The lowest BCUT2D eigenvalue weighted by Gasteiger charge is -2.16. The Bertz CT molecular complexity index is 1090. The molecule has 0 fully saturated rings. The summed E-state index contributed by atoms with van der Waals surface area (Å²) in [6.45, 7) is 3.47. The predicted molar refractivity (Wildman–Crippen MR) is 104 cm³/mol. The van der Waals surface area contributed by atoms with Crippen LogP contribution in [0.15, 0.2) is 53.6 Å². The van der Waals surface area contributed by atoms with E-state index in [1.54, 1.807) is 31.5 Å². The van der Waals surface area contributed by atoms with Crippen LogP contribution in [0.1, 0.15) is 34.6 Å². The van der Waals surface area contributed by atoms with Crippen LogP contribution in [0, 0.1) is 0 Å². The number of ketones is 1. The topological polar surface area (TPSA) is 114 Å². The molecule has 0 aliphatic heterocycles. The highest BCUT2D eigenvalue weighted by atomic mass is 16.4. The van der Waals surface area contributed by atoms with Crippen LogP contribution in [0.3, 0.4) is 0 Å². The van der Waals surface area contributed by atoms with Crippen molar-refractivity contribution in [1.29, 1.82) is 0 Å². The molecule has 0 saturated heterocycles. The lowest BCUT2D eigenvalue weighted by Crippen LogP contribution is -2.28. The van der Waals surface area contributed by atoms with E-state index < -0.39 is 11.5 Å². The number of anilines is 2. The van der Waals surface area contributed by atoms with E-state index in [1.165, 1.54) is 35.9 Å². The maximum Gasteiger partial charge on any atom is 0.335 e. The quantitative estimate of drug-likeness (QED) is 0.634. The van der Waals surface area contributed by atoms with Gasteiger partial charge in [-0.25, -0.2) is 9.48 Å². The molecule has 0 amide bonds. The van der Waals surface area contributed by atoms with Crippen LogP contribution in [0.25, 0.3) is 11.3 Å². The van der Waals surface area contributed by atoms with Crippen molar-refractivity contribution in [2.45, 2.75) is 20.4 Å². The third kappa shape index (κ3) is 3.66. The maximum absolute atomic E-state index is 12.9. The normalized spacial score (nSPS) is 10.5. The zero-order valence-corrected chi connectivity index (χ0v) is 15.3. The number of Topliss-reactive ketones (excluding diaryl/α,β-unsaturated/α-hetero) is 1. The number of hydrogen-bond donors (Lipinski definition) is 2. The fourth-order valence-corrected chi connectivity index (χ4v) is 2.80. The number of aryl methyl sites for hydroxylation is 1. The molecular formula is C20H18N4O4. The monoisotopic (exact) mass is 378 g/mol. The first-order chi connectivity index (χ1) is 13.4. The molecule has 28 heavy (non-hydrogen) atoms. The molecule has 142 valence electrons. The number of nitrogens with one attached hydrogen (secondary N) is 1. The van der Waals surface area contributed by atoms with Crippen LogP contribution in [0.4, 0.5) is 11.4 Å². The third-order valence-electron chi connectivity index (χ3n) is 4.16. The maximum atomic E-state index is 12.9. The molecule has 0 atom stereocenters.